The molecule has 1 amide bonds. The lowest BCUT2D eigenvalue weighted by atomic mass is 10.1. The molecule has 186 valence electrons. The predicted molar refractivity (Wildman–Crippen MR) is 146 cm³/mol. The number of benzene rings is 3. The molecule has 0 bridgehead atoms. The summed E-state index contributed by atoms with van der Waals surface area (Å²) < 4.78 is 6.03. The van der Waals surface area contributed by atoms with E-state index in [9.17, 15) is 9.59 Å². The number of likely N-dealkylation sites (N-methyl/N-ethyl adjacent to an activating group) is 1. The molecular formula is C30H28N4O3. The van der Waals surface area contributed by atoms with E-state index in [1.807, 2.05) is 59.5 Å². The van der Waals surface area contributed by atoms with Gasteiger partial charge in [0.1, 0.15) is 18.0 Å². The Labute approximate surface area is 216 Å². The molecule has 2 heterocycles. The van der Waals surface area contributed by atoms with E-state index in [4.69, 9.17) is 4.74 Å². The van der Waals surface area contributed by atoms with Crippen LogP contribution >= 0.6 is 0 Å². The fourth-order valence-electron chi connectivity index (χ4n) is 4.23. The second-order valence-electron chi connectivity index (χ2n) is 9.02. The van der Waals surface area contributed by atoms with Gasteiger partial charge in [-0.1, -0.05) is 54.6 Å². The summed E-state index contributed by atoms with van der Waals surface area (Å²) in [6.45, 7) is 3.17. The van der Waals surface area contributed by atoms with Gasteiger partial charge in [-0.25, -0.2) is 4.99 Å². The fraction of sp³-hybridized carbons (Fsp3) is 0.200. The van der Waals surface area contributed by atoms with Crippen molar-refractivity contribution in [2.24, 2.45) is 9.98 Å². The zero-order valence-electron chi connectivity index (χ0n) is 20.7. The van der Waals surface area contributed by atoms with Gasteiger partial charge in [0.2, 0.25) is 5.90 Å². The van der Waals surface area contributed by atoms with Gasteiger partial charge in [0.05, 0.1) is 5.69 Å². The molecule has 0 N–H and O–H groups in total. The van der Waals surface area contributed by atoms with Crippen LogP contribution in [-0.4, -0.2) is 72.9 Å². The van der Waals surface area contributed by atoms with Crippen LogP contribution < -0.4 is 4.74 Å². The number of allylic oxidation sites excluding steroid dienone is 1. The van der Waals surface area contributed by atoms with Crippen LogP contribution in [-0.2, 0) is 4.79 Å². The Bertz CT molecular complexity index is 1370. The van der Waals surface area contributed by atoms with Gasteiger partial charge in [0.25, 0.3) is 5.91 Å². The minimum Gasteiger partial charge on any atom is -0.441 e. The quantitative estimate of drug-likeness (QED) is 0.394. The topological polar surface area (TPSA) is 74.6 Å². The van der Waals surface area contributed by atoms with Crippen LogP contribution in [0.4, 0.5) is 5.69 Å². The Hall–Kier alpha value is -4.36. The minimum atomic E-state index is -0.0900. The summed E-state index contributed by atoms with van der Waals surface area (Å²) in [4.78, 5) is 39.2. The van der Waals surface area contributed by atoms with E-state index in [0.29, 0.717) is 47.3 Å². The molecule has 0 atom stereocenters. The normalized spacial score (nSPS) is 16.0. The molecule has 2 aliphatic rings. The van der Waals surface area contributed by atoms with Crippen molar-refractivity contribution in [3.63, 3.8) is 0 Å². The largest absolute Gasteiger partial charge is 0.441 e. The van der Waals surface area contributed by atoms with Crippen LogP contribution in [0.5, 0.6) is 5.75 Å². The van der Waals surface area contributed by atoms with Gasteiger partial charge in [-0.2, -0.15) is 0 Å². The lowest BCUT2D eigenvalue weighted by Crippen LogP contribution is -2.49. The summed E-state index contributed by atoms with van der Waals surface area (Å²) >= 11 is 0. The first kappa shape index (κ1) is 24.3. The second kappa shape index (κ2) is 11.1. The molecule has 1 fully saturated rings. The fourth-order valence-corrected chi connectivity index (χ4v) is 4.23. The standard InChI is InChI=1S/C30H28N4O3/c1-33-17-19-34(20-18-33)30(36)29-25-9-5-6-10-26(25)32-28(21-31-29)37-24-14-12-23(13-15-24)27(35)16-11-22-7-3-2-4-8-22/h2-16H,17-21H2,1H3/b16-11+. The number of ketones is 1. The SMILES string of the molecule is CN1CCN(C(=O)C2=NCC(Oc3ccc(C(=O)/C=C/c4ccccc4)cc3)=Nc3ccccc32)CC1. The van der Waals surface area contributed by atoms with Crippen LogP contribution in [0, 0.1) is 0 Å². The van der Waals surface area contributed by atoms with Crippen LogP contribution in [0.3, 0.4) is 0 Å². The van der Waals surface area contributed by atoms with E-state index < -0.39 is 0 Å². The highest BCUT2D eigenvalue weighted by Crippen LogP contribution is 2.25. The van der Waals surface area contributed by atoms with Crippen LogP contribution in [0.1, 0.15) is 21.5 Å². The molecule has 0 saturated carbocycles. The molecule has 7 nitrogen and oxygen atoms in total. The van der Waals surface area contributed by atoms with Crippen molar-refractivity contribution in [1.29, 1.82) is 0 Å². The van der Waals surface area contributed by atoms with Crippen molar-refractivity contribution in [2.75, 3.05) is 39.8 Å². The average molecular weight is 493 g/mol. The third-order valence-corrected chi connectivity index (χ3v) is 6.37. The maximum Gasteiger partial charge on any atom is 0.272 e. The summed E-state index contributed by atoms with van der Waals surface area (Å²) in [7, 11) is 2.06. The number of hydrogen-bond acceptors (Lipinski definition) is 6. The van der Waals surface area contributed by atoms with Crippen LogP contribution in [0.25, 0.3) is 6.08 Å². The van der Waals surface area contributed by atoms with Crippen molar-refractivity contribution in [3.8, 4) is 5.75 Å². The molecule has 0 aliphatic carbocycles. The van der Waals surface area contributed by atoms with Gasteiger partial charge in [-0.15, -0.1) is 0 Å². The van der Waals surface area contributed by atoms with Gasteiger partial charge < -0.3 is 14.5 Å². The number of piperazine rings is 1. The van der Waals surface area contributed by atoms with Gasteiger partial charge in [-0.3, -0.25) is 14.6 Å². The lowest BCUT2D eigenvalue weighted by Gasteiger charge is -2.32. The van der Waals surface area contributed by atoms with Gasteiger partial charge >= 0.3 is 0 Å². The molecular weight excluding hydrogens is 464 g/mol. The van der Waals surface area contributed by atoms with E-state index in [1.165, 1.54) is 0 Å². The van der Waals surface area contributed by atoms with Gasteiger partial charge in [0, 0.05) is 37.3 Å². The maximum atomic E-state index is 13.3. The van der Waals surface area contributed by atoms with Crippen molar-refractivity contribution < 1.29 is 14.3 Å². The van der Waals surface area contributed by atoms with E-state index in [-0.39, 0.29) is 18.2 Å². The molecule has 5 rings (SSSR count). The third kappa shape index (κ3) is 5.90. The number of ether oxygens (including phenoxy) is 1. The zero-order chi connectivity index (χ0) is 25.6. The Morgan fingerprint density at radius 1 is 0.865 bits per heavy atom. The number of fused-ring (bicyclic) bond motifs is 1. The first-order valence-corrected chi connectivity index (χ1v) is 12.3. The predicted octanol–water partition coefficient (Wildman–Crippen LogP) is 4.27. The maximum absolute atomic E-state index is 13.3. The number of amides is 1. The molecule has 0 radical (unpaired) electrons. The van der Waals surface area contributed by atoms with Crippen LogP contribution in [0.15, 0.2) is 94.9 Å². The van der Waals surface area contributed by atoms with Crippen molar-refractivity contribution in [3.05, 3.63) is 102 Å². The number of nitrogens with zero attached hydrogens (tertiary/aromatic N) is 4. The van der Waals surface area contributed by atoms with E-state index in [1.54, 1.807) is 36.4 Å². The molecule has 0 unspecified atom stereocenters. The molecule has 37 heavy (non-hydrogen) atoms. The average Bonchev–Trinajstić information content (AvgIpc) is 3.12. The highest BCUT2D eigenvalue weighted by Gasteiger charge is 2.27. The summed E-state index contributed by atoms with van der Waals surface area (Å²) in [5, 5.41) is 0. The highest BCUT2D eigenvalue weighted by atomic mass is 16.5. The summed E-state index contributed by atoms with van der Waals surface area (Å²) in [5.41, 5.74) is 3.29. The van der Waals surface area contributed by atoms with Gasteiger partial charge in [-0.05, 0) is 49.0 Å². The zero-order valence-corrected chi connectivity index (χ0v) is 20.7. The second-order valence-corrected chi connectivity index (χ2v) is 9.02. The molecule has 0 spiro atoms. The Morgan fingerprint density at radius 3 is 2.32 bits per heavy atom. The number of aliphatic imine (C=N–C) groups is 2. The van der Waals surface area contributed by atoms with E-state index >= 15 is 0 Å². The van der Waals surface area contributed by atoms with Crippen molar-refractivity contribution >= 4 is 35.1 Å². The number of para-hydroxylation sites is 1. The Kier molecular flexibility index (Phi) is 7.33. The molecule has 3 aromatic carbocycles. The van der Waals surface area contributed by atoms with Crippen LogP contribution in [0.2, 0.25) is 0 Å². The number of hydrogen-bond donors (Lipinski definition) is 0. The molecule has 0 aromatic heterocycles. The number of carbonyl (C=O) groups excluding carboxylic acids is 2. The summed E-state index contributed by atoms with van der Waals surface area (Å²) in [6, 6.07) is 24.1. The lowest BCUT2D eigenvalue weighted by molar-refractivity contribution is -0.125. The smallest absolute Gasteiger partial charge is 0.272 e. The molecule has 2 aliphatic heterocycles. The first-order chi connectivity index (χ1) is 18.1. The molecule has 3 aromatic rings. The monoisotopic (exact) mass is 492 g/mol. The number of rotatable bonds is 5. The third-order valence-electron chi connectivity index (χ3n) is 6.37. The summed E-state index contributed by atoms with van der Waals surface area (Å²) in [5.74, 6) is 0.761. The first-order valence-electron chi connectivity index (χ1n) is 12.3. The Morgan fingerprint density at radius 2 is 1.57 bits per heavy atom. The Balaban J connectivity index is 1.30. The van der Waals surface area contributed by atoms with Crippen molar-refractivity contribution in [1.82, 2.24) is 9.80 Å². The van der Waals surface area contributed by atoms with E-state index in [2.05, 4.69) is 21.9 Å². The summed E-state index contributed by atoms with van der Waals surface area (Å²) in [6.07, 6.45) is 3.36. The minimum absolute atomic E-state index is 0.0802. The molecule has 1 saturated heterocycles. The van der Waals surface area contributed by atoms with Gasteiger partial charge in [0.15, 0.2) is 5.78 Å². The number of carbonyl (C=O) groups is 2. The van der Waals surface area contributed by atoms with Crippen molar-refractivity contribution in [2.45, 2.75) is 0 Å². The van der Waals surface area contributed by atoms with E-state index in [0.717, 1.165) is 18.7 Å². The molecule has 7 heteroatoms. The highest BCUT2D eigenvalue weighted by molar-refractivity contribution is 6.46.